The van der Waals surface area contributed by atoms with Gasteiger partial charge < -0.3 is 30.3 Å². The number of nitrogens with zero attached hydrogens (tertiary/aromatic N) is 4. The molecule has 59 heavy (non-hydrogen) atoms. The third-order valence-electron chi connectivity index (χ3n) is 8.71. The van der Waals surface area contributed by atoms with Gasteiger partial charge in [-0.15, -0.1) is 34.0 Å². The van der Waals surface area contributed by atoms with E-state index in [1.807, 2.05) is 55.0 Å². The predicted octanol–water partition coefficient (Wildman–Crippen LogP) is 7.04. The summed E-state index contributed by atoms with van der Waals surface area (Å²) >= 11 is 9.24. The van der Waals surface area contributed by atoms with Crippen LogP contribution in [0.2, 0.25) is 0 Å². The molecule has 313 valence electrons. The third-order valence-corrected chi connectivity index (χ3v) is 13.6. The number of ether oxygens (including phenoxy) is 3. The molecule has 8 nitrogen and oxygen atoms in total. The second-order valence-electron chi connectivity index (χ2n) is 14.1. The monoisotopic (exact) mass is 929 g/mol. The van der Waals surface area contributed by atoms with Crippen molar-refractivity contribution in [3.63, 3.8) is 0 Å². The van der Waals surface area contributed by atoms with E-state index in [1.165, 1.54) is 51.8 Å². The van der Waals surface area contributed by atoms with E-state index in [-0.39, 0.29) is 58.5 Å². The Morgan fingerprint density at radius 1 is 0.644 bits per heavy atom. The second kappa shape index (κ2) is 30.1. The van der Waals surface area contributed by atoms with Crippen molar-refractivity contribution in [2.24, 2.45) is 0 Å². The topological polar surface area (TPSA) is 58.8 Å². The SMILES string of the molecule is CN(C)CCc1sc2ccccc2c1Br.COCC(=O)c1c(CCN(C)C)sc2ccccc12.COCCc1c(CCN(C)C)sc2ccccc12.[B].[C-]#[N+]COC.[H-].[Na+]. The van der Waals surface area contributed by atoms with Gasteiger partial charge in [0.25, 0.3) is 0 Å². The molecule has 0 atom stereocenters. The van der Waals surface area contributed by atoms with Crippen molar-refractivity contribution < 1.29 is 50.0 Å². The molecule has 0 amide bonds. The van der Waals surface area contributed by atoms with Crippen LogP contribution in [-0.2, 0) is 39.9 Å². The van der Waals surface area contributed by atoms with Gasteiger partial charge in [-0.25, -0.2) is 6.57 Å². The summed E-state index contributed by atoms with van der Waals surface area (Å²) in [7, 11) is 17.4. The van der Waals surface area contributed by atoms with Gasteiger partial charge in [0.2, 0.25) is 0 Å². The number of rotatable bonds is 16. The maximum Gasteiger partial charge on any atom is 1.00 e. The Labute approximate surface area is 399 Å². The summed E-state index contributed by atoms with van der Waals surface area (Å²) < 4.78 is 19.8. The summed E-state index contributed by atoms with van der Waals surface area (Å²) in [5, 5.41) is 3.81. The van der Waals surface area contributed by atoms with Gasteiger partial charge in [0.15, 0.2) is 5.78 Å². The van der Waals surface area contributed by atoms with Crippen molar-refractivity contribution in [2.45, 2.75) is 25.7 Å². The van der Waals surface area contributed by atoms with Gasteiger partial charge in [0.05, 0.1) is 6.61 Å². The number of carbonyl (C=O) groups excluding carboxylic acids is 1. The Hall–Kier alpha value is -2.00. The minimum Gasteiger partial charge on any atom is -1.00 e. The average Bonchev–Trinajstić information content (AvgIpc) is 3.86. The van der Waals surface area contributed by atoms with E-state index in [2.05, 4.69) is 123 Å². The molecule has 0 spiro atoms. The van der Waals surface area contributed by atoms with Crippen LogP contribution in [0.15, 0.2) is 77.3 Å². The second-order valence-corrected chi connectivity index (χ2v) is 18.3. The van der Waals surface area contributed by atoms with Crippen molar-refractivity contribution in [1.82, 2.24) is 14.7 Å². The Morgan fingerprint density at radius 2 is 1.08 bits per heavy atom. The van der Waals surface area contributed by atoms with Crippen LogP contribution >= 0.6 is 49.9 Å². The molecule has 0 saturated heterocycles. The first-order valence-electron chi connectivity index (χ1n) is 18.9. The molecule has 0 fully saturated rings. The van der Waals surface area contributed by atoms with Crippen LogP contribution in [0.5, 0.6) is 0 Å². The zero-order chi connectivity index (χ0) is 41.7. The zero-order valence-corrected chi connectivity index (χ0v) is 42.6. The summed E-state index contributed by atoms with van der Waals surface area (Å²) in [6.07, 6.45) is 4.17. The Morgan fingerprint density at radius 3 is 1.56 bits per heavy atom. The van der Waals surface area contributed by atoms with Gasteiger partial charge in [0, 0.05) is 98.9 Å². The molecule has 0 aliphatic heterocycles. The standard InChI is InChI=1S/C15H19NO2S.C15H21NOS.C12H14BrNS.C3H5NO.B.Na.H/c1-16(2)9-8-14-15(12(17)10-18-3)11-6-4-5-7-13(11)19-14;1-16(2)10-8-15-13(9-11-17-3)12-6-4-5-7-14(12)18-15;1-14(2)8-7-11-12(13)9-5-3-4-6-10(9)15-11;1-4-3-5-2;;;/h4-7H,8-10H2,1-3H3;4-7H,8-11H2,1-3H3;3-6H,7-8H2,1-2H3;3H2,2H3;;;/q;;;;;+1;-1. The number of benzene rings is 3. The number of carbonyl (C=O) groups is 1. The predicted molar refractivity (Wildman–Crippen MR) is 257 cm³/mol. The van der Waals surface area contributed by atoms with Crippen LogP contribution in [-0.4, -0.2) is 132 Å². The van der Waals surface area contributed by atoms with Crippen LogP contribution in [0.4, 0.5) is 0 Å². The number of halogens is 1. The minimum absolute atomic E-state index is 0. The summed E-state index contributed by atoms with van der Waals surface area (Å²) in [5.74, 6) is 0.0775. The molecule has 0 N–H and O–H groups in total. The fourth-order valence-electron chi connectivity index (χ4n) is 5.88. The summed E-state index contributed by atoms with van der Waals surface area (Å²) in [6.45, 7) is 10.4. The molecule has 3 radical (unpaired) electrons. The first kappa shape index (κ1) is 55.0. The van der Waals surface area contributed by atoms with Crippen LogP contribution in [0.3, 0.4) is 0 Å². The Balaban J connectivity index is 0.000000807. The van der Waals surface area contributed by atoms with Crippen molar-refractivity contribution in [2.75, 3.05) is 103 Å². The zero-order valence-electron chi connectivity index (χ0n) is 37.6. The number of methoxy groups -OCH3 is 3. The number of ketones is 1. The number of hydrogen-bond acceptors (Lipinski definition) is 10. The molecule has 14 heteroatoms. The van der Waals surface area contributed by atoms with Crippen molar-refractivity contribution in [3.05, 3.63) is 114 Å². The van der Waals surface area contributed by atoms with Crippen LogP contribution in [0.1, 0.15) is 32.0 Å². The Bertz CT molecular complexity index is 2160. The molecule has 0 aliphatic rings. The number of hydrogen-bond donors (Lipinski definition) is 0. The molecular weight excluding hydrogens is 870 g/mol. The molecule has 3 aromatic heterocycles. The molecule has 0 bridgehead atoms. The molecule has 3 aromatic carbocycles. The summed E-state index contributed by atoms with van der Waals surface area (Å²) in [4.78, 5) is 25.9. The Kier molecular flexibility index (Phi) is 28.1. The molecule has 6 rings (SSSR count). The third kappa shape index (κ3) is 18.1. The molecular formula is C45H60BBrN4NaO4S3. The fourth-order valence-corrected chi connectivity index (χ4v) is 10.3. The number of Topliss-reactive ketones (excluding diaryl/α,β-unsaturated/α-hetero) is 1. The van der Waals surface area contributed by atoms with Crippen LogP contribution in [0.25, 0.3) is 35.1 Å². The summed E-state index contributed by atoms with van der Waals surface area (Å²) in [5.41, 5.74) is 2.34. The molecule has 0 aliphatic carbocycles. The quantitative estimate of drug-likeness (QED) is 0.0587. The summed E-state index contributed by atoms with van der Waals surface area (Å²) in [6, 6.07) is 25.3. The number of thiophene rings is 3. The fraction of sp³-hybridized carbons (Fsp3) is 0.422. The van der Waals surface area contributed by atoms with Gasteiger partial charge >= 0.3 is 36.3 Å². The van der Waals surface area contributed by atoms with Gasteiger partial charge in [-0.1, -0.05) is 54.6 Å². The van der Waals surface area contributed by atoms with Crippen LogP contribution in [0, 0.1) is 6.57 Å². The van der Waals surface area contributed by atoms with Gasteiger partial charge in [-0.05, 0) is 113 Å². The van der Waals surface area contributed by atoms with E-state index in [4.69, 9.17) is 16.0 Å². The molecule has 0 saturated carbocycles. The normalized spacial score (nSPS) is 10.6. The first-order chi connectivity index (χ1) is 27.4. The van der Waals surface area contributed by atoms with Crippen LogP contribution < -0.4 is 29.6 Å². The number of likely N-dealkylation sites (N-methyl/N-ethyl adjacent to an activating group) is 3. The first-order valence-corrected chi connectivity index (χ1v) is 22.1. The molecule has 3 heterocycles. The van der Waals surface area contributed by atoms with Gasteiger partial charge in [0.1, 0.15) is 6.61 Å². The number of fused-ring (bicyclic) bond motifs is 3. The average molecular weight is 931 g/mol. The van der Waals surface area contributed by atoms with E-state index in [1.54, 1.807) is 25.6 Å². The molecule has 6 aromatic rings. The van der Waals surface area contributed by atoms with E-state index >= 15 is 0 Å². The van der Waals surface area contributed by atoms with E-state index < -0.39 is 0 Å². The van der Waals surface area contributed by atoms with Crippen molar-refractivity contribution in [1.29, 1.82) is 0 Å². The largest absolute Gasteiger partial charge is 1.00 e. The van der Waals surface area contributed by atoms with Gasteiger partial charge in [-0.2, -0.15) is 0 Å². The maximum absolute atomic E-state index is 12.3. The van der Waals surface area contributed by atoms with E-state index in [9.17, 15) is 4.79 Å². The maximum atomic E-state index is 12.3. The molecule has 0 unspecified atom stereocenters. The van der Waals surface area contributed by atoms with E-state index in [0.717, 1.165) is 67.8 Å². The smallest absolute Gasteiger partial charge is 1.00 e. The minimum atomic E-state index is 0. The van der Waals surface area contributed by atoms with Crippen molar-refractivity contribution >= 4 is 94.4 Å². The van der Waals surface area contributed by atoms with Gasteiger partial charge in [-0.3, -0.25) is 9.64 Å². The van der Waals surface area contributed by atoms with Crippen molar-refractivity contribution in [3.8, 4) is 0 Å². The van der Waals surface area contributed by atoms with E-state index in [0.29, 0.717) is 0 Å².